The van der Waals surface area contributed by atoms with E-state index in [4.69, 9.17) is 4.74 Å². The van der Waals surface area contributed by atoms with Gasteiger partial charge in [-0.2, -0.15) is 4.31 Å². The highest BCUT2D eigenvalue weighted by atomic mass is 32.2. The van der Waals surface area contributed by atoms with Crippen LogP contribution in [0.15, 0.2) is 59.5 Å². The smallest absolute Gasteiger partial charge is 0.243 e. The number of amides is 1. The summed E-state index contributed by atoms with van der Waals surface area (Å²) in [6.45, 7) is 3.31. The Morgan fingerprint density at radius 3 is 2.61 bits per heavy atom. The Morgan fingerprint density at radius 1 is 1.03 bits per heavy atom. The number of hydrogen-bond acceptors (Lipinski definition) is 5. The molecule has 0 spiro atoms. The monoisotopic (exact) mass is 511 g/mol. The molecule has 2 aromatic rings. The van der Waals surface area contributed by atoms with E-state index < -0.39 is 15.6 Å². The van der Waals surface area contributed by atoms with Crippen molar-refractivity contribution in [1.82, 2.24) is 14.5 Å². The number of carbonyl (C=O) groups is 1. The van der Waals surface area contributed by atoms with Gasteiger partial charge in [-0.1, -0.05) is 36.4 Å². The maximum Gasteiger partial charge on any atom is 0.243 e. The second kappa shape index (κ2) is 10.5. The molecular weight excluding hydrogens is 474 g/mol. The Kier molecular flexibility index (Phi) is 7.37. The highest BCUT2D eigenvalue weighted by molar-refractivity contribution is 7.89. The zero-order valence-corrected chi connectivity index (χ0v) is 21.9. The average Bonchev–Trinajstić information content (AvgIpc) is 3.40. The molecule has 3 fully saturated rings. The number of nitrogens with one attached hydrogen (secondary N) is 1. The van der Waals surface area contributed by atoms with E-state index in [0.29, 0.717) is 18.8 Å². The van der Waals surface area contributed by atoms with E-state index in [2.05, 4.69) is 22.3 Å². The van der Waals surface area contributed by atoms with Crippen LogP contribution in [0.4, 0.5) is 0 Å². The van der Waals surface area contributed by atoms with Crippen molar-refractivity contribution in [3.63, 3.8) is 0 Å². The molecule has 8 heteroatoms. The van der Waals surface area contributed by atoms with Gasteiger partial charge in [-0.25, -0.2) is 8.42 Å². The summed E-state index contributed by atoms with van der Waals surface area (Å²) in [6.07, 6.45) is 5.38. The largest absolute Gasteiger partial charge is 0.497 e. The normalized spacial score (nSPS) is 27.6. The molecule has 3 aliphatic rings. The van der Waals surface area contributed by atoms with Gasteiger partial charge in [0.1, 0.15) is 5.75 Å². The molecular formula is C28H37N3O4S. The van der Waals surface area contributed by atoms with Crippen molar-refractivity contribution in [3.05, 3.63) is 60.2 Å². The molecule has 1 amide bonds. The van der Waals surface area contributed by atoms with Gasteiger partial charge in [0.25, 0.3) is 0 Å². The fourth-order valence-electron chi connectivity index (χ4n) is 6.58. The van der Waals surface area contributed by atoms with E-state index >= 15 is 0 Å². The number of nitrogens with zero attached hydrogens (tertiary/aromatic N) is 2. The van der Waals surface area contributed by atoms with Crippen LogP contribution in [0.2, 0.25) is 0 Å². The Balaban J connectivity index is 1.50. The number of rotatable bonds is 6. The first-order valence-corrected chi connectivity index (χ1v) is 14.6. The van der Waals surface area contributed by atoms with Crippen molar-refractivity contribution in [2.24, 2.45) is 11.8 Å². The van der Waals surface area contributed by atoms with Gasteiger partial charge in [-0.3, -0.25) is 4.79 Å². The molecule has 194 valence electrons. The summed E-state index contributed by atoms with van der Waals surface area (Å²) in [5, 5.41) is 3.40. The van der Waals surface area contributed by atoms with Crippen LogP contribution in [0.25, 0.3) is 0 Å². The second-order valence-electron chi connectivity index (χ2n) is 10.3. The lowest BCUT2D eigenvalue weighted by atomic mass is 9.72. The quantitative estimate of drug-likeness (QED) is 0.641. The summed E-state index contributed by atoms with van der Waals surface area (Å²) in [7, 11) is -2.14. The minimum absolute atomic E-state index is 0.0138. The van der Waals surface area contributed by atoms with Gasteiger partial charge < -0.3 is 15.0 Å². The number of methoxy groups -OCH3 is 1. The summed E-state index contributed by atoms with van der Waals surface area (Å²) in [5.41, 5.74) is 0.642. The number of benzene rings is 2. The van der Waals surface area contributed by atoms with Crippen molar-refractivity contribution in [2.45, 2.75) is 49.0 Å². The van der Waals surface area contributed by atoms with Crippen molar-refractivity contribution >= 4 is 15.9 Å². The highest BCUT2D eigenvalue weighted by Crippen LogP contribution is 2.49. The summed E-state index contributed by atoms with van der Waals surface area (Å²) < 4.78 is 34.3. The van der Waals surface area contributed by atoms with Crippen LogP contribution in [-0.2, 0) is 20.4 Å². The van der Waals surface area contributed by atoms with Gasteiger partial charge >= 0.3 is 0 Å². The van der Waals surface area contributed by atoms with Gasteiger partial charge in [-0.05, 0) is 62.8 Å². The van der Waals surface area contributed by atoms with Crippen LogP contribution in [0.1, 0.15) is 44.1 Å². The topological polar surface area (TPSA) is 79.0 Å². The van der Waals surface area contributed by atoms with Crippen molar-refractivity contribution in [1.29, 1.82) is 0 Å². The number of carbonyl (C=O) groups excluding carboxylic acids is 1. The minimum atomic E-state index is -3.68. The summed E-state index contributed by atoms with van der Waals surface area (Å²) in [5.74, 6) is 0.757. The van der Waals surface area contributed by atoms with Crippen LogP contribution in [0.5, 0.6) is 5.75 Å². The van der Waals surface area contributed by atoms with E-state index in [1.807, 2.05) is 18.2 Å². The van der Waals surface area contributed by atoms with Crippen molar-refractivity contribution in [2.75, 3.05) is 39.8 Å². The summed E-state index contributed by atoms with van der Waals surface area (Å²) >= 11 is 0. The fraction of sp³-hybridized carbons (Fsp3) is 0.536. The molecule has 1 N–H and O–H groups in total. The summed E-state index contributed by atoms with van der Waals surface area (Å²) in [4.78, 5) is 16.3. The minimum Gasteiger partial charge on any atom is -0.497 e. The predicted octanol–water partition coefficient (Wildman–Crippen LogP) is 3.61. The van der Waals surface area contributed by atoms with Gasteiger partial charge in [0.05, 0.1) is 23.5 Å². The molecule has 36 heavy (non-hydrogen) atoms. The lowest BCUT2D eigenvalue weighted by Crippen LogP contribution is -2.57. The Labute approximate surface area is 214 Å². The summed E-state index contributed by atoms with van der Waals surface area (Å²) in [6, 6.07) is 17.0. The van der Waals surface area contributed by atoms with E-state index in [1.165, 1.54) is 0 Å². The molecule has 3 aliphatic heterocycles. The number of likely N-dealkylation sites (tertiary alicyclic amines) is 1. The fourth-order valence-corrected chi connectivity index (χ4v) is 8.14. The molecule has 3 atom stereocenters. The van der Waals surface area contributed by atoms with Gasteiger partial charge in [0.15, 0.2) is 0 Å². The first-order chi connectivity index (χ1) is 17.5. The zero-order chi connectivity index (χ0) is 25.2. The maximum atomic E-state index is 13.9. The third-order valence-electron chi connectivity index (χ3n) is 8.35. The van der Waals surface area contributed by atoms with E-state index in [1.54, 1.807) is 35.7 Å². The number of hydrogen-bond donors (Lipinski definition) is 1. The van der Waals surface area contributed by atoms with E-state index in [0.717, 1.165) is 63.7 Å². The number of ether oxygens (including phenoxy) is 1. The third-order valence-corrected chi connectivity index (χ3v) is 10.2. The van der Waals surface area contributed by atoms with Crippen molar-refractivity contribution in [3.8, 4) is 5.75 Å². The lowest BCUT2D eigenvalue weighted by Gasteiger charge is -2.49. The molecule has 3 heterocycles. The van der Waals surface area contributed by atoms with Crippen LogP contribution >= 0.6 is 0 Å². The van der Waals surface area contributed by atoms with Crippen LogP contribution in [0.3, 0.4) is 0 Å². The molecule has 3 saturated heterocycles. The predicted molar refractivity (Wildman–Crippen MR) is 139 cm³/mol. The highest BCUT2D eigenvalue weighted by Gasteiger charge is 2.53. The lowest BCUT2D eigenvalue weighted by molar-refractivity contribution is -0.143. The first kappa shape index (κ1) is 25.2. The van der Waals surface area contributed by atoms with Gasteiger partial charge in [0, 0.05) is 38.2 Å². The van der Waals surface area contributed by atoms with Gasteiger partial charge in [0.2, 0.25) is 15.9 Å². The zero-order valence-electron chi connectivity index (χ0n) is 21.1. The Morgan fingerprint density at radius 2 is 1.86 bits per heavy atom. The van der Waals surface area contributed by atoms with E-state index in [9.17, 15) is 13.2 Å². The maximum absolute atomic E-state index is 13.9. The molecule has 2 aromatic carbocycles. The Bertz CT molecular complexity index is 1170. The molecule has 5 rings (SSSR count). The van der Waals surface area contributed by atoms with E-state index in [-0.39, 0.29) is 22.6 Å². The molecule has 0 radical (unpaired) electrons. The second-order valence-corrected chi connectivity index (χ2v) is 12.2. The molecule has 3 unspecified atom stereocenters. The molecule has 0 bridgehead atoms. The van der Waals surface area contributed by atoms with Crippen LogP contribution in [0, 0.1) is 11.8 Å². The molecule has 7 nitrogen and oxygen atoms in total. The van der Waals surface area contributed by atoms with Crippen molar-refractivity contribution < 1.29 is 17.9 Å². The molecule has 0 aromatic heterocycles. The molecule has 0 saturated carbocycles. The van der Waals surface area contributed by atoms with Crippen LogP contribution in [-0.4, -0.2) is 63.4 Å². The number of sulfonamides is 1. The SMILES string of the molecule is COc1cccc(S(=O)(=O)N2CCCC(C3(c4ccccc4)CCCN3C(=O)C3CCCNC3)C2)c1. The average molecular weight is 512 g/mol. The number of piperidine rings is 2. The standard InChI is InChI=1S/C28H37N3O4S/c1-35-25-13-5-14-26(19-25)36(33,34)30-17-7-12-24(21-30)28(23-10-3-2-4-11-23)15-8-18-31(28)27(32)22-9-6-16-29-20-22/h2-5,10-11,13-14,19,22,24,29H,6-9,12,15-18,20-21H2,1H3. The molecule has 0 aliphatic carbocycles. The Hall–Kier alpha value is -2.42. The van der Waals surface area contributed by atoms with Crippen LogP contribution < -0.4 is 10.1 Å². The van der Waals surface area contributed by atoms with Gasteiger partial charge in [-0.15, -0.1) is 0 Å². The third kappa shape index (κ3) is 4.55. The first-order valence-electron chi connectivity index (χ1n) is 13.2.